The molecule has 0 saturated heterocycles. The Morgan fingerprint density at radius 3 is 2.58 bits per heavy atom. The molecule has 0 radical (unpaired) electrons. The van der Waals surface area contributed by atoms with Crippen molar-refractivity contribution in [3.63, 3.8) is 0 Å². The Bertz CT molecular complexity index is 1370. The van der Waals surface area contributed by atoms with Crippen LogP contribution in [0.4, 0.5) is 23.0 Å². The van der Waals surface area contributed by atoms with Crippen LogP contribution in [0.1, 0.15) is 42.2 Å². The number of methoxy groups -OCH3 is 1. The average Bonchev–Trinajstić information content (AvgIpc) is 3.34. The molecule has 10 nitrogen and oxygen atoms in total. The Hall–Kier alpha value is -4.31. The summed E-state index contributed by atoms with van der Waals surface area (Å²) in [7, 11) is 5.31. The highest BCUT2D eigenvalue weighted by atomic mass is 16.5. The summed E-state index contributed by atoms with van der Waals surface area (Å²) in [6.07, 6.45) is 5.31. The van der Waals surface area contributed by atoms with Crippen LogP contribution in [-0.2, 0) is 7.05 Å². The van der Waals surface area contributed by atoms with E-state index in [4.69, 9.17) is 4.74 Å². The summed E-state index contributed by atoms with van der Waals surface area (Å²) in [5.41, 5.74) is 3.59. The van der Waals surface area contributed by atoms with Gasteiger partial charge in [-0.25, -0.2) is 15.0 Å². The minimum Gasteiger partial charge on any atom is -0.494 e. The summed E-state index contributed by atoms with van der Waals surface area (Å²) in [6, 6.07) is 11.6. The van der Waals surface area contributed by atoms with Gasteiger partial charge in [0.25, 0.3) is 0 Å². The van der Waals surface area contributed by atoms with Crippen molar-refractivity contribution in [3.05, 3.63) is 66.2 Å². The van der Waals surface area contributed by atoms with Crippen molar-refractivity contribution in [1.82, 2.24) is 30.0 Å². The summed E-state index contributed by atoms with van der Waals surface area (Å²) in [6.45, 7) is 3.90. The topological polar surface area (TPSA) is 119 Å². The van der Waals surface area contributed by atoms with Gasteiger partial charge in [0, 0.05) is 38.0 Å². The number of hydrogen-bond acceptors (Lipinski definition) is 9. The van der Waals surface area contributed by atoms with Crippen LogP contribution in [0.25, 0.3) is 11.4 Å². The average molecular weight is 487 g/mol. The molecule has 0 fully saturated rings. The van der Waals surface area contributed by atoms with Crippen molar-refractivity contribution in [3.8, 4) is 17.1 Å². The van der Waals surface area contributed by atoms with Gasteiger partial charge in [0.05, 0.1) is 29.6 Å². The van der Waals surface area contributed by atoms with Crippen molar-refractivity contribution in [2.45, 2.75) is 26.3 Å². The maximum Gasteiger partial charge on any atom is 0.184 e. The zero-order valence-corrected chi connectivity index (χ0v) is 21.0. The van der Waals surface area contributed by atoms with Crippen molar-refractivity contribution in [2.75, 3.05) is 24.8 Å². The number of carbonyl (C=O) groups excluding carboxylic acids is 1. The molecule has 1 unspecified atom stereocenters. The highest BCUT2D eigenvalue weighted by Crippen LogP contribution is 2.37. The number of Topliss-reactive ketones (excluding diaryl/α,β-unsaturated/α-hetero) is 1. The fraction of sp³-hybridized carbons (Fsp3) is 0.269. The molecule has 4 rings (SSSR count). The van der Waals surface area contributed by atoms with Gasteiger partial charge in [-0.15, -0.1) is 0 Å². The molecule has 3 aromatic heterocycles. The van der Waals surface area contributed by atoms with Crippen molar-refractivity contribution >= 4 is 28.8 Å². The first-order valence-electron chi connectivity index (χ1n) is 11.7. The van der Waals surface area contributed by atoms with Gasteiger partial charge in [0.1, 0.15) is 18.0 Å². The summed E-state index contributed by atoms with van der Waals surface area (Å²) in [5, 5.41) is 14.2. The number of aryl methyl sites for hydroxylation is 1. The minimum atomic E-state index is -0.0268. The molecule has 0 spiro atoms. The van der Waals surface area contributed by atoms with Crippen molar-refractivity contribution in [1.29, 1.82) is 0 Å². The quantitative estimate of drug-likeness (QED) is 0.275. The van der Waals surface area contributed by atoms with Crippen LogP contribution >= 0.6 is 0 Å². The lowest BCUT2D eigenvalue weighted by molar-refractivity contribution is 0.0988. The number of ketones is 1. The molecule has 10 heteroatoms. The monoisotopic (exact) mass is 486 g/mol. The molecule has 186 valence electrons. The lowest BCUT2D eigenvalue weighted by Gasteiger charge is -2.17. The van der Waals surface area contributed by atoms with Crippen LogP contribution in [0, 0.1) is 0 Å². The molecule has 0 amide bonds. The number of hydrogen-bond donors (Lipinski definition) is 3. The van der Waals surface area contributed by atoms with Crippen LogP contribution in [0.5, 0.6) is 5.75 Å². The second-order valence-corrected chi connectivity index (χ2v) is 8.25. The first-order valence-corrected chi connectivity index (χ1v) is 11.7. The number of benzene rings is 1. The molecular formula is C26H30N8O2. The molecule has 0 saturated carbocycles. The number of rotatable bonds is 10. The van der Waals surface area contributed by atoms with E-state index in [2.05, 4.69) is 42.9 Å². The molecule has 3 N–H and O–H groups in total. The fourth-order valence-corrected chi connectivity index (χ4v) is 3.76. The van der Waals surface area contributed by atoms with Crippen molar-refractivity contribution < 1.29 is 9.53 Å². The SMILES string of the molecule is CCC(=O)c1cnc(Nc2cc(C(C)NC)ccn2)cc1Nc1cccc(-c2ncn(C)n2)c1OC. The van der Waals surface area contributed by atoms with E-state index in [0.29, 0.717) is 46.6 Å². The molecular weight excluding hydrogens is 456 g/mol. The predicted molar refractivity (Wildman–Crippen MR) is 140 cm³/mol. The van der Waals surface area contributed by atoms with E-state index >= 15 is 0 Å². The van der Waals surface area contributed by atoms with Gasteiger partial charge in [-0.05, 0) is 43.8 Å². The molecule has 0 aliphatic rings. The van der Waals surface area contributed by atoms with Crippen LogP contribution < -0.4 is 20.7 Å². The highest BCUT2D eigenvalue weighted by Gasteiger charge is 2.18. The van der Waals surface area contributed by atoms with E-state index in [1.54, 1.807) is 36.6 Å². The van der Waals surface area contributed by atoms with Gasteiger partial charge in [0.15, 0.2) is 17.4 Å². The Morgan fingerprint density at radius 1 is 1.08 bits per heavy atom. The number of anilines is 4. The number of nitrogens with zero attached hydrogens (tertiary/aromatic N) is 5. The third-order valence-electron chi connectivity index (χ3n) is 5.83. The van der Waals surface area contributed by atoms with Crippen molar-refractivity contribution in [2.24, 2.45) is 7.05 Å². The number of carbonyl (C=O) groups is 1. The van der Waals surface area contributed by atoms with Gasteiger partial charge < -0.3 is 20.7 Å². The fourth-order valence-electron chi connectivity index (χ4n) is 3.76. The molecule has 0 aliphatic heterocycles. The Kier molecular flexibility index (Phi) is 7.55. The van der Waals surface area contributed by atoms with E-state index in [-0.39, 0.29) is 11.8 Å². The maximum atomic E-state index is 12.7. The molecule has 1 aromatic carbocycles. The largest absolute Gasteiger partial charge is 0.494 e. The summed E-state index contributed by atoms with van der Waals surface area (Å²) < 4.78 is 7.36. The molecule has 4 aromatic rings. The smallest absolute Gasteiger partial charge is 0.184 e. The first kappa shape index (κ1) is 24.8. The molecule has 0 aliphatic carbocycles. The normalized spacial score (nSPS) is 11.7. The van der Waals surface area contributed by atoms with E-state index in [9.17, 15) is 4.79 Å². The highest BCUT2D eigenvalue weighted by molar-refractivity contribution is 6.02. The first-order chi connectivity index (χ1) is 17.4. The van der Waals surface area contributed by atoms with Gasteiger partial charge in [-0.3, -0.25) is 9.48 Å². The number of nitrogens with one attached hydrogen (secondary N) is 3. The summed E-state index contributed by atoms with van der Waals surface area (Å²) in [4.78, 5) is 25.9. The van der Waals surface area contributed by atoms with E-state index in [1.165, 1.54) is 0 Å². The third kappa shape index (κ3) is 5.33. The summed E-state index contributed by atoms with van der Waals surface area (Å²) >= 11 is 0. The lowest BCUT2D eigenvalue weighted by atomic mass is 10.1. The zero-order chi connectivity index (χ0) is 25.7. The lowest BCUT2D eigenvalue weighted by Crippen LogP contribution is -2.12. The number of pyridine rings is 2. The number of para-hydroxylation sites is 1. The number of ether oxygens (including phenoxy) is 1. The zero-order valence-electron chi connectivity index (χ0n) is 21.0. The van der Waals surface area contributed by atoms with Gasteiger partial charge >= 0.3 is 0 Å². The third-order valence-corrected chi connectivity index (χ3v) is 5.83. The second-order valence-electron chi connectivity index (χ2n) is 8.25. The van der Waals surface area contributed by atoms with Gasteiger partial charge in [-0.1, -0.05) is 13.0 Å². The predicted octanol–water partition coefficient (Wildman–Crippen LogP) is 4.64. The van der Waals surface area contributed by atoms with E-state index < -0.39 is 0 Å². The minimum absolute atomic E-state index is 0.0268. The van der Waals surface area contributed by atoms with Crippen LogP contribution in [0.3, 0.4) is 0 Å². The number of aromatic nitrogens is 5. The molecule has 36 heavy (non-hydrogen) atoms. The Labute approximate surface area is 210 Å². The van der Waals surface area contributed by atoms with Crippen LogP contribution in [-0.4, -0.2) is 44.7 Å². The summed E-state index contributed by atoms with van der Waals surface area (Å²) in [5.74, 6) is 2.29. The Balaban J connectivity index is 1.71. The molecule has 3 heterocycles. The maximum absolute atomic E-state index is 12.7. The van der Waals surface area contributed by atoms with Gasteiger partial charge in [-0.2, -0.15) is 5.10 Å². The van der Waals surface area contributed by atoms with E-state index in [1.807, 2.05) is 51.4 Å². The molecule has 1 atom stereocenters. The van der Waals surface area contributed by atoms with Gasteiger partial charge in [0.2, 0.25) is 0 Å². The Morgan fingerprint density at radius 2 is 1.89 bits per heavy atom. The standard InChI is InChI=1S/C26H30N8O2/c1-6-22(35)19-14-29-24(32-23-12-17(10-11-28-23)16(2)27-3)13-21(19)31-20-9-7-8-18(25(20)36-5)26-30-15-34(4)33-26/h7-16,27H,6H2,1-5H3,(H2,28,29,31,32). The molecule has 0 bridgehead atoms. The second kappa shape index (κ2) is 11.0. The van der Waals surface area contributed by atoms with Crippen LogP contribution in [0.15, 0.2) is 55.1 Å². The van der Waals surface area contributed by atoms with E-state index in [0.717, 1.165) is 11.1 Å². The van der Waals surface area contributed by atoms with Crippen LogP contribution in [0.2, 0.25) is 0 Å².